The standard InChI is InChI=1S/C15H33NO/c1-4-7-8-9-10-11-15(16-12-5-2)14-17-13-6-3/h15-16H,4-14H2,1-3H3. The first-order valence-corrected chi connectivity index (χ1v) is 7.66. The van der Waals surface area contributed by atoms with Gasteiger partial charge in [-0.05, 0) is 25.8 Å². The predicted octanol–water partition coefficient (Wildman–Crippen LogP) is 4.14. The summed E-state index contributed by atoms with van der Waals surface area (Å²) in [7, 11) is 0. The van der Waals surface area contributed by atoms with Crippen LogP contribution in [0.5, 0.6) is 0 Å². The van der Waals surface area contributed by atoms with Crippen molar-refractivity contribution in [2.75, 3.05) is 19.8 Å². The summed E-state index contributed by atoms with van der Waals surface area (Å²) in [5.41, 5.74) is 0. The Hall–Kier alpha value is -0.0800. The van der Waals surface area contributed by atoms with E-state index in [1.807, 2.05) is 0 Å². The molecule has 0 fully saturated rings. The molecule has 1 atom stereocenters. The number of hydrogen-bond donors (Lipinski definition) is 1. The summed E-state index contributed by atoms with van der Waals surface area (Å²) in [6.45, 7) is 9.57. The van der Waals surface area contributed by atoms with Crippen LogP contribution in [0.3, 0.4) is 0 Å². The second kappa shape index (κ2) is 14.0. The summed E-state index contributed by atoms with van der Waals surface area (Å²) in [6, 6.07) is 0.572. The molecule has 2 heteroatoms. The highest BCUT2D eigenvalue weighted by Gasteiger charge is 2.07. The van der Waals surface area contributed by atoms with Gasteiger partial charge < -0.3 is 10.1 Å². The molecule has 0 saturated heterocycles. The van der Waals surface area contributed by atoms with E-state index in [9.17, 15) is 0 Å². The van der Waals surface area contributed by atoms with Crippen LogP contribution in [-0.4, -0.2) is 25.8 Å². The van der Waals surface area contributed by atoms with E-state index in [0.29, 0.717) is 6.04 Å². The van der Waals surface area contributed by atoms with Crippen molar-refractivity contribution in [1.82, 2.24) is 5.32 Å². The van der Waals surface area contributed by atoms with E-state index in [1.165, 1.54) is 44.9 Å². The van der Waals surface area contributed by atoms with Gasteiger partial charge in [-0.1, -0.05) is 52.9 Å². The van der Waals surface area contributed by atoms with Gasteiger partial charge in [-0.25, -0.2) is 0 Å². The molecule has 0 saturated carbocycles. The van der Waals surface area contributed by atoms with Crippen LogP contribution in [0.15, 0.2) is 0 Å². The molecule has 104 valence electrons. The Morgan fingerprint density at radius 1 is 0.882 bits per heavy atom. The summed E-state index contributed by atoms with van der Waals surface area (Å²) in [5.74, 6) is 0. The summed E-state index contributed by atoms with van der Waals surface area (Å²) >= 11 is 0. The van der Waals surface area contributed by atoms with E-state index in [2.05, 4.69) is 26.1 Å². The molecule has 2 nitrogen and oxygen atoms in total. The summed E-state index contributed by atoms with van der Waals surface area (Å²) in [4.78, 5) is 0. The van der Waals surface area contributed by atoms with E-state index >= 15 is 0 Å². The Labute approximate surface area is 109 Å². The van der Waals surface area contributed by atoms with E-state index in [-0.39, 0.29) is 0 Å². The summed E-state index contributed by atoms with van der Waals surface area (Å²) in [5, 5.41) is 3.59. The molecule has 0 aromatic carbocycles. The normalized spacial score (nSPS) is 12.9. The van der Waals surface area contributed by atoms with Gasteiger partial charge in [0, 0.05) is 12.6 Å². The van der Waals surface area contributed by atoms with E-state index in [4.69, 9.17) is 4.74 Å². The molecule has 0 rings (SSSR count). The van der Waals surface area contributed by atoms with Crippen molar-refractivity contribution in [3.8, 4) is 0 Å². The third-order valence-corrected chi connectivity index (χ3v) is 3.01. The monoisotopic (exact) mass is 243 g/mol. The number of unbranched alkanes of at least 4 members (excludes halogenated alkanes) is 4. The topological polar surface area (TPSA) is 21.3 Å². The first-order chi connectivity index (χ1) is 8.35. The van der Waals surface area contributed by atoms with Crippen molar-refractivity contribution >= 4 is 0 Å². The van der Waals surface area contributed by atoms with Crippen molar-refractivity contribution < 1.29 is 4.74 Å². The zero-order valence-corrected chi connectivity index (χ0v) is 12.3. The maximum absolute atomic E-state index is 5.66. The van der Waals surface area contributed by atoms with Gasteiger partial charge in [-0.3, -0.25) is 0 Å². The first-order valence-electron chi connectivity index (χ1n) is 7.66. The Bertz CT molecular complexity index is 139. The number of hydrogen-bond acceptors (Lipinski definition) is 2. The lowest BCUT2D eigenvalue weighted by atomic mass is 10.1. The minimum atomic E-state index is 0.572. The number of rotatable bonds is 13. The second-order valence-corrected chi connectivity index (χ2v) is 4.93. The SMILES string of the molecule is CCCCCCCC(COCCC)NCCC. The van der Waals surface area contributed by atoms with Gasteiger partial charge in [0.1, 0.15) is 0 Å². The van der Waals surface area contributed by atoms with Crippen LogP contribution in [-0.2, 0) is 4.74 Å². The van der Waals surface area contributed by atoms with Gasteiger partial charge in [0.15, 0.2) is 0 Å². The lowest BCUT2D eigenvalue weighted by Gasteiger charge is -2.18. The highest BCUT2D eigenvalue weighted by Crippen LogP contribution is 2.08. The highest BCUT2D eigenvalue weighted by atomic mass is 16.5. The third kappa shape index (κ3) is 12.2. The number of ether oxygens (including phenoxy) is 1. The lowest BCUT2D eigenvalue weighted by molar-refractivity contribution is 0.108. The van der Waals surface area contributed by atoms with Crippen LogP contribution < -0.4 is 5.32 Å². The van der Waals surface area contributed by atoms with E-state index < -0.39 is 0 Å². The van der Waals surface area contributed by atoms with Crippen LogP contribution in [0.1, 0.15) is 72.1 Å². The van der Waals surface area contributed by atoms with Gasteiger partial charge in [0.2, 0.25) is 0 Å². The zero-order chi connectivity index (χ0) is 12.8. The molecule has 0 spiro atoms. The maximum atomic E-state index is 5.66. The average Bonchev–Trinajstić information content (AvgIpc) is 2.35. The van der Waals surface area contributed by atoms with Crippen LogP contribution in [0.2, 0.25) is 0 Å². The molecule has 0 aromatic rings. The molecule has 0 radical (unpaired) electrons. The lowest BCUT2D eigenvalue weighted by Crippen LogP contribution is -2.34. The molecule has 1 N–H and O–H groups in total. The Morgan fingerprint density at radius 3 is 2.29 bits per heavy atom. The van der Waals surface area contributed by atoms with Gasteiger partial charge in [-0.15, -0.1) is 0 Å². The fourth-order valence-electron chi connectivity index (χ4n) is 1.96. The van der Waals surface area contributed by atoms with Crippen LogP contribution >= 0.6 is 0 Å². The summed E-state index contributed by atoms with van der Waals surface area (Å²) in [6.07, 6.45) is 10.4. The largest absolute Gasteiger partial charge is 0.380 e. The quantitative estimate of drug-likeness (QED) is 0.491. The molecule has 0 aliphatic heterocycles. The summed E-state index contributed by atoms with van der Waals surface area (Å²) < 4.78 is 5.66. The predicted molar refractivity (Wildman–Crippen MR) is 76.6 cm³/mol. The Kier molecular flexibility index (Phi) is 13.9. The molecule has 17 heavy (non-hydrogen) atoms. The molecule has 0 amide bonds. The minimum absolute atomic E-state index is 0.572. The highest BCUT2D eigenvalue weighted by molar-refractivity contribution is 4.66. The van der Waals surface area contributed by atoms with Crippen molar-refractivity contribution in [3.63, 3.8) is 0 Å². The second-order valence-electron chi connectivity index (χ2n) is 4.93. The van der Waals surface area contributed by atoms with Crippen molar-refractivity contribution in [1.29, 1.82) is 0 Å². The van der Waals surface area contributed by atoms with Crippen LogP contribution in [0, 0.1) is 0 Å². The molecule has 0 aliphatic carbocycles. The molecule has 0 heterocycles. The molecule has 0 bridgehead atoms. The van der Waals surface area contributed by atoms with Crippen LogP contribution in [0.4, 0.5) is 0 Å². The first kappa shape index (κ1) is 16.9. The van der Waals surface area contributed by atoms with Crippen molar-refractivity contribution in [3.05, 3.63) is 0 Å². The van der Waals surface area contributed by atoms with Crippen molar-refractivity contribution in [2.24, 2.45) is 0 Å². The molecule has 0 aromatic heterocycles. The average molecular weight is 243 g/mol. The smallest absolute Gasteiger partial charge is 0.0619 e. The van der Waals surface area contributed by atoms with Gasteiger partial charge >= 0.3 is 0 Å². The van der Waals surface area contributed by atoms with Crippen molar-refractivity contribution in [2.45, 2.75) is 78.2 Å². The van der Waals surface area contributed by atoms with Gasteiger partial charge in [0.05, 0.1) is 6.61 Å². The minimum Gasteiger partial charge on any atom is -0.380 e. The third-order valence-electron chi connectivity index (χ3n) is 3.01. The molecule has 1 unspecified atom stereocenters. The Morgan fingerprint density at radius 2 is 1.65 bits per heavy atom. The van der Waals surface area contributed by atoms with E-state index in [0.717, 1.165) is 26.2 Å². The van der Waals surface area contributed by atoms with Crippen LogP contribution in [0.25, 0.3) is 0 Å². The molecular formula is C15H33NO. The molecule has 0 aliphatic rings. The van der Waals surface area contributed by atoms with Gasteiger partial charge in [-0.2, -0.15) is 0 Å². The van der Waals surface area contributed by atoms with E-state index in [1.54, 1.807) is 0 Å². The zero-order valence-electron chi connectivity index (χ0n) is 12.3. The Balaban J connectivity index is 3.53. The fraction of sp³-hybridized carbons (Fsp3) is 1.00. The van der Waals surface area contributed by atoms with Gasteiger partial charge in [0.25, 0.3) is 0 Å². The molecular weight excluding hydrogens is 210 g/mol. The maximum Gasteiger partial charge on any atom is 0.0619 e. The number of nitrogens with one attached hydrogen (secondary N) is 1. The fourth-order valence-corrected chi connectivity index (χ4v) is 1.96.